The van der Waals surface area contributed by atoms with Crippen molar-refractivity contribution in [3.63, 3.8) is 0 Å². The SMILES string of the molecule is COc1ccc(-n2c(SCc3cccnc3)nc3ccccc3c2=O)cc1OC. The number of rotatable bonds is 6. The molecule has 0 aliphatic rings. The van der Waals surface area contributed by atoms with Gasteiger partial charge in [0.1, 0.15) is 0 Å². The van der Waals surface area contributed by atoms with E-state index >= 15 is 0 Å². The third-order valence-electron chi connectivity index (χ3n) is 4.46. The highest BCUT2D eigenvalue weighted by Crippen LogP contribution is 2.31. The van der Waals surface area contributed by atoms with E-state index in [1.807, 2.05) is 42.6 Å². The molecule has 6 nitrogen and oxygen atoms in total. The average molecular weight is 405 g/mol. The molecule has 0 saturated heterocycles. The van der Waals surface area contributed by atoms with Gasteiger partial charge in [0, 0.05) is 24.2 Å². The second-order valence-corrected chi connectivity index (χ2v) is 7.18. The van der Waals surface area contributed by atoms with Crippen LogP contribution < -0.4 is 15.0 Å². The molecule has 0 fully saturated rings. The van der Waals surface area contributed by atoms with E-state index < -0.39 is 0 Å². The summed E-state index contributed by atoms with van der Waals surface area (Å²) in [7, 11) is 3.15. The van der Waals surface area contributed by atoms with E-state index in [1.54, 1.807) is 43.2 Å². The van der Waals surface area contributed by atoms with Crippen molar-refractivity contribution in [3.05, 3.63) is 82.9 Å². The number of benzene rings is 2. The highest BCUT2D eigenvalue weighted by molar-refractivity contribution is 7.98. The van der Waals surface area contributed by atoms with Crippen molar-refractivity contribution in [3.8, 4) is 17.2 Å². The fourth-order valence-corrected chi connectivity index (χ4v) is 3.98. The maximum absolute atomic E-state index is 13.3. The van der Waals surface area contributed by atoms with Crippen LogP contribution in [0.3, 0.4) is 0 Å². The molecule has 0 unspecified atom stereocenters. The van der Waals surface area contributed by atoms with Gasteiger partial charge in [0.15, 0.2) is 16.7 Å². The zero-order valence-corrected chi connectivity index (χ0v) is 16.8. The topological polar surface area (TPSA) is 66.2 Å². The number of thioether (sulfide) groups is 1. The maximum Gasteiger partial charge on any atom is 0.266 e. The summed E-state index contributed by atoms with van der Waals surface area (Å²) >= 11 is 1.49. The van der Waals surface area contributed by atoms with Crippen LogP contribution in [0.4, 0.5) is 0 Å². The smallest absolute Gasteiger partial charge is 0.266 e. The number of methoxy groups -OCH3 is 2. The van der Waals surface area contributed by atoms with Crippen molar-refractivity contribution < 1.29 is 9.47 Å². The Hall–Kier alpha value is -3.32. The molecule has 0 aliphatic heterocycles. The first kappa shape index (κ1) is 19.0. The molecule has 0 spiro atoms. The summed E-state index contributed by atoms with van der Waals surface area (Å²) in [6, 6.07) is 16.6. The summed E-state index contributed by atoms with van der Waals surface area (Å²) in [6.07, 6.45) is 3.55. The Morgan fingerprint density at radius 3 is 2.59 bits per heavy atom. The lowest BCUT2D eigenvalue weighted by Crippen LogP contribution is -2.21. The van der Waals surface area contributed by atoms with Crippen molar-refractivity contribution in [2.45, 2.75) is 10.9 Å². The Labute approximate surface area is 172 Å². The summed E-state index contributed by atoms with van der Waals surface area (Å²) in [5.74, 6) is 1.79. The first-order valence-electron chi connectivity index (χ1n) is 8.97. The first-order valence-corrected chi connectivity index (χ1v) is 9.95. The third kappa shape index (κ3) is 3.82. The van der Waals surface area contributed by atoms with Crippen LogP contribution in [0.2, 0.25) is 0 Å². The molecule has 2 heterocycles. The van der Waals surface area contributed by atoms with E-state index in [0.29, 0.717) is 39.0 Å². The minimum absolute atomic E-state index is 0.128. The van der Waals surface area contributed by atoms with Crippen LogP contribution in [0.25, 0.3) is 16.6 Å². The van der Waals surface area contributed by atoms with Gasteiger partial charge in [-0.15, -0.1) is 0 Å². The van der Waals surface area contributed by atoms with Crippen LogP contribution in [0, 0.1) is 0 Å². The Bertz CT molecular complexity index is 1210. The number of nitrogens with zero attached hydrogens (tertiary/aromatic N) is 3. The minimum atomic E-state index is -0.128. The number of pyridine rings is 1. The van der Waals surface area contributed by atoms with Crippen LogP contribution >= 0.6 is 11.8 Å². The van der Waals surface area contributed by atoms with Gasteiger partial charge < -0.3 is 9.47 Å². The minimum Gasteiger partial charge on any atom is -0.493 e. The summed E-state index contributed by atoms with van der Waals surface area (Å²) in [4.78, 5) is 22.3. The standard InChI is InChI=1S/C22H19N3O3S/c1-27-19-10-9-16(12-20(19)28-2)25-21(26)17-7-3-4-8-18(17)24-22(25)29-14-15-6-5-11-23-13-15/h3-13H,14H2,1-2H3. The summed E-state index contributed by atoms with van der Waals surface area (Å²) < 4.78 is 12.4. The van der Waals surface area contributed by atoms with Gasteiger partial charge in [-0.05, 0) is 35.9 Å². The molecular formula is C22H19N3O3S. The first-order chi connectivity index (χ1) is 14.2. The molecule has 29 heavy (non-hydrogen) atoms. The highest BCUT2D eigenvalue weighted by atomic mass is 32.2. The molecule has 0 amide bonds. The van der Waals surface area contributed by atoms with Crippen molar-refractivity contribution >= 4 is 22.7 Å². The number of ether oxygens (including phenoxy) is 2. The Morgan fingerprint density at radius 1 is 1.00 bits per heavy atom. The van der Waals surface area contributed by atoms with Crippen molar-refractivity contribution in [1.82, 2.24) is 14.5 Å². The molecular weight excluding hydrogens is 386 g/mol. The summed E-state index contributed by atoms with van der Waals surface area (Å²) in [6.45, 7) is 0. The van der Waals surface area contributed by atoms with Gasteiger partial charge >= 0.3 is 0 Å². The molecule has 0 bridgehead atoms. The van der Waals surface area contributed by atoms with Gasteiger partial charge in [0.25, 0.3) is 5.56 Å². The monoisotopic (exact) mass is 405 g/mol. The van der Waals surface area contributed by atoms with E-state index in [1.165, 1.54) is 11.8 Å². The second-order valence-electron chi connectivity index (χ2n) is 6.24. The molecule has 0 radical (unpaired) electrons. The molecule has 4 aromatic rings. The fraction of sp³-hybridized carbons (Fsp3) is 0.136. The van der Waals surface area contributed by atoms with Gasteiger partial charge in [-0.1, -0.05) is 30.0 Å². The zero-order valence-electron chi connectivity index (χ0n) is 16.0. The second kappa shape index (κ2) is 8.36. The van der Waals surface area contributed by atoms with Crippen molar-refractivity contribution in [2.24, 2.45) is 0 Å². The number of aromatic nitrogens is 3. The van der Waals surface area contributed by atoms with E-state index in [4.69, 9.17) is 14.5 Å². The van der Waals surface area contributed by atoms with Crippen molar-refractivity contribution in [2.75, 3.05) is 14.2 Å². The number of para-hydroxylation sites is 1. The highest BCUT2D eigenvalue weighted by Gasteiger charge is 2.15. The summed E-state index contributed by atoms with van der Waals surface area (Å²) in [5, 5.41) is 1.16. The third-order valence-corrected chi connectivity index (χ3v) is 5.47. The van der Waals surface area contributed by atoms with Gasteiger partial charge in [0.2, 0.25) is 0 Å². The molecule has 0 aliphatic carbocycles. The lowest BCUT2D eigenvalue weighted by molar-refractivity contribution is 0.354. The van der Waals surface area contributed by atoms with Crippen LogP contribution in [0.15, 0.2) is 76.9 Å². The van der Waals surface area contributed by atoms with Crippen LogP contribution in [0.5, 0.6) is 11.5 Å². The lowest BCUT2D eigenvalue weighted by atomic mass is 10.2. The zero-order chi connectivity index (χ0) is 20.2. The molecule has 7 heteroatoms. The maximum atomic E-state index is 13.3. The van der Waals surface area contributed by atoms with Gasteiger partial charge in [-0.3, -0.25) is 14.3 Å². The average Bonchev–Trinajstić information content (AvgIpc) is 2.78. The number of hydrogen-bond acceptors (Lipinski definition) is 6. The molecule has 2 aromatic heterocycles. The molecule has 2 aromatic carbocycles. The van der Waals surface area contributed by atoms with Gasteiger partial charge in [0.05, 0.1) is 30.8 Å². The molecule has 146 valence electrons. The summed E-state index contributed by atoms with van der Waals surface area (Å²) in [5.41, 5.74) is 2.26. The van der Waals surface area contributed by atoms with Crippen molar-refractivity contribution in [1.29, 1.82) is 0 Å². The number of fused-ring (bicyclic) bond motifs is 1. The fourth-order valence-electron chi connectivity index (χ4n) is 3.03. The normalized spacial score (nSPS) is 10.8. The van der Waals surface area contributed by atoms with E-state index in [0.717, 1.165) is 5.56 Å². The van der Waals surface area contributed by atoms with Crippen LogP contribution in [-0.2, 0) is 5.75 Å². The van der Waals surface area contributed by atoms with E-state index in [-0.39, 0.29) is 5.56 Å². The quantitative estimate of drug-likeness (QED) is 0.356. The molecule has 0 N–H and O–H groups in total. The van der Waals surface area contributed by atoms with E-state index in [9.17, 15) is 4.79 Å². The number of hydrogen-bond donors (Lipinski definition) is 0. The molecule has 4 rings (SSSR count). The van der Waals surface area contributed by atoms with Gasteiger partial charge in [-0.25, -0.2) is 4.98 Å². The van der Waals surface area contributed by atoms with Crippen LogP contribution in [-0.4, -0.2) is 28.8 Å². The Kier molecular flexibility index (Phi) is 5.48. The molecule has 0 saturated carbocycles. The largest absolute Gasteiger partial charge is 0.493 e. The predicted octanol–water partition coefficient (Wildman–Crippen LogP) is 4.09. The van der Waals surface area contributed by atoms with E-state index in [2.05, 4.69) is 4.98 Å². The lowest BCUT2D eigenvalue weighted by Gasteiger charge is -2.15. The Balaban J connectivity index is 1.86. The van der Waals surface area contributed by atoms with Crippen LogP contribution in [0.1, 0.15) is 5.56 Å². The van der Waals surface area contributed by atoms with Gasteiger partial charge in [-0.2, -0.15) is 0 Å². The Morgan fingerprint density at radius 2 is 1.83 bits per heavy atom. The molecule has 0 atom stereocenters. The predicted molar refractivity (Wildman–Crippen MR) is 114 cm³/mol.